The van der Waals surface area contributed by atoms with Crippen molar-refractivity contribution in [1.29, 1.82) is 0 Å². The maximum absolute atomic E-state index is 12.4. The molecule has 3 rings (SSSR count). The van der Waals surface area contributed by atoms with Crippen molar-refractivity contribution >= 4 is 16.5 Å². The standard InChI is InChI=1S/C23H39N3O3S/c1-3-17-9-10-19-14-30(28,29)15-23(20(19)11-17)25-13-21(24)22(26-16(2)27)12-18-7-5-4-6-8-18/h9-11,18,21-23,25,28-29H,3-8,12-15,24H2,1-2H3,(H,26,27)/p-2/t21-,22+,23+/m1/s1. The predicted octanol–water partition coefficient (Wildman–Crippen LogP) is 3.26. The Morgan fingerprint density at radius 3 is 2.67 bits per heavy atom. The van der Waals surface area contributed by atoms with Crippen molar-refractivity contribution in [3.05, 3.63) is 34.9 Å². The van der Waals surface area contributed by atoms with Crippen LogP contribution in [0.25, 0.3) is 0 Å². The van der Waals surface area contributed by atoms with Gasteiger partial charge in [0.15, 0.2) is 0 Å². The maximum Gasteiger partial charge on any atom is 0.217 e. The van der Waals surface area contributed by atoms with E-state index in [4.69, 9.17) is 5.73 Å². The molecular weight excluding hydrogens is 398 g/mol. The van der Waals surface area contributed by atoms with E-state index in [0.29, 0.717) is 12.5 Å². The van der Waals surface area contributed by atoms with Crippen LogP contribution in [0.15, 0.2) is 18.2 Å². The van der Waals surface area contributed by atoms with Crippen molar-refractivity contribution in [2.24, 2.45) is 11.7 Å². The van der Waals surface area contributed by atoms with Crippen LogP contribution in [-0.4, -0.2) is 39.4 Å². The first-order valence-electron chi connectivity index (χ1n) is 11.4. The van der Waals surface area contributed by atoms with Crippen LogP contribution in [0.1, 0.15) is 75.1 Å². The monoisotopic (exact) mass is 435 g/mol. The molecule has 7 heteroatoms. The summed E-state index contributed by atoms with van der Waals surface area (Å²) in [6.45, 7) is 4.10. The number of aryl methyl sites for hydroxylation is 1. The van der Waals surface area contributed by atoms with Gasteiger partial charge < -0.3 is 36.1 Å². The minimum absolute atomic E-state index is 0.0653. The summed E-state index contributed by atoms with van der Waals surface area (Å²) in [5.74, 6) is 0.731. The number of amides is 1. The number of nitrogens with one attached hydrogen (secondary N) is 2. The first-order valence-corrected chi connectivity index (χ1v) is 13.2. The zero-order chi connectivity index (χ0) is 21.7. The van der Waals surface area contributed by atoms with Gasteiger partial charge in [0, 0.05) is 31.6 Å². The zero-order valence-electron chi connectivity index (χ0n) is 18.3. The smallest absolute Gasteiger partial charge is 0.217 e. The fourth-order valence-corrected chi connectivity index (χ4v) is 6.59. The molecule has 3 atom stereocenters. The molecule has 0 aromatic heterocycles. The number of nitrogens with two attached hydrogens (primary N) is 1. The summed E-state index contributed by atoms with van der Waals surface area (Å²) in [5, 5.41) is 6.47. The second kappa shape index (κ2) is 10.5. The Bertz CT molecular complexity index is 722. The molecule has 1 aliphatic heterocycles. The number of hydrogen-bond acceptors (Lipinski definition) is 5. The second-order valence-corrected chi connectivity index (χ2v) is 11.2. The summed E-state index contributed by atoms with van der Waals surface area (Å²) >= 11 is 0. The second-order valence-electron chi connectivity index (χ2n) is 9.11. The van der Waals surface area contributed by atoms with Crippen LogP contribution in [0.4, 0.5) is 0 Å². The molecular formula is C23H37N3O3S-2. The number of carbonyl (C=O) groups excluding carboxylic acids is 1. The van der Waals surface area contributed by atoms with E-state index in [0.717, 1.165) is 24.0 Å². The van der Waals surface area contributed by atoms with Gasteiger partial charge in [0.25, 0.3) is 0 Å². The van der Waals surface area contributed by atoms with Crippen LogP contribution in [0.5, 0.6) is 0 Å². The third-order valence-electron chi connectivity index (χ3n) is 6.61. The molecule has 2 aliphatic rings. The van der Waals surface area contributed by atoms with Gasteiger partial charge in [-0.05, 0) is 47.0 Å². The van der Waals surface area contributed by atoms with Crippen LogP contribution in [-0.2, 0) is 17.0 Å². The Morgan fingerprint density at radius 2 is 2.00 bits per heavy atom. The highest BCUT2D eigenvalue weighted by Crippen LogP contribution is 2.50. The summed E-state index contributed by atoms with van der Waals surface area (Å²) in [6.07, 6.45) is 8.00. The third-order valence-corrected chi connectivity index (χ3v) is 8.20. The molecule has 1 saturated carbocycles. The van der Waals surface area contributed by atoms with Crippen LogP contribution in [0.3, 0.4) is 0 Å². The van der Waals surface area contributed by atoms with E-state index in [9.17, 15) is 13.9 Å². The Morgan fingerprint density at radius 1 is 1.27 bits per heavy atom. The Hall–Kier alpha value is -1.12. The number of carbonyl (C=O) groups is 1. The Balaban J connectivity index is 1.67. The molecule has 6 nitrogen and oxygen atoms in total. The van der Waals surface area contributed by atoms with E-state index >= 15 is 0 Å². The number of rotatable bonds is 8. The summed E-state index contributed by atoms with van der Waals surface area (Å²) in [4.78, 5) is 11.8. The van der Waals surface area contributed by atoms with E-state index < -0.39 is 10.6 Å². The van der Waals surface area contributed by atoms with E-state index in [1.54, 1.807) is 0 Å². The van der Waals surface area contributed by atoms with Crippen LogP contribution in [0, 0.1) is 5.92 Å². The lowest BCUT2D eigenvalue weighted by molar-refractivity contribution is -0.119. The molecule has 1 aromatic rings. The fraction of sp³-hybridized carbons (Fsp3) is 0.696. The first kappa shape index (κ1) is 23.5. The average Bonchev–Trinajstić information content (AvgIpc) is 2.70. The van der Waals surface area contributed by atoms with E-state index in [1.807, 2.05) is 12.1 Å². The lowest BCUT2D eigenvalue weighted by Crippen LogP contribution is -2.53. The molecule has 1 aliphatic carbocycles. The minimum Gasteiger partial charge on any atom is -0.800 e. The molecule has 0 unspecified atom stereocenters. The molecule has 170 valence electrons. The molecule has 1 heterocycles. The van der Waals surface area contributed by atoms with Gasteiger partial charge in [-0.3, -0.25) is 4.79 Å². The molecule has 4 N–H and O–H groups in total. The molecule has 30 heavy (non-hydrogen) atoms. The van der Waals surface area contributed by atoms with Gasteiger partial charge in [0.2, 0.25) is 5.91 Å². The normalized spacial score (nSPS) is 24.5. The number of sulfone groups is 1. The largest absolute Gasteiger partial charge is 0.800 e. The molecule has 1 amide bonds. The average molecular weight is 436 g/mol. The zero-order valence-corrected chi connectivity index (χ0v) is 19.1. The van der Waals surface area contributed by atoms with Crippen molar-refractivity contribution in [2.45, 2.75) is 82.7 Å². The highest BCUT2D eigenvalue weighted by atomic mass is 32.3. The summed E-state index contributed by atoms with van der Waals surface area (Å²) < 4.78 is 24.9. The molecule has 0 saturated heterocycles. The molecule has 0 bridgehead atoms. The number of hydrogen-bond donors (Lipinski definition) is 3. The van der Waals surface area contributed by atoms with Gasteiger partial charge in [0.05, 0.1) is 0 Å². The summed E-state index contributed by atoms with van der Waals surface area (Å²) in [7, 11) is -3.15. The highest BCUT2D eigenvalue weighted by Gasteiger charge is 2.27. The van der Waals surface area contributed by atoms with Gasteiger partial charge in [0.1, 0.15) is 0 Å². The van der Waals surface area contributed by atoms with Crippen LogP contribution < -0.4 is 16.4 Å². The number of fused-ring (bicyclic) bond motifs is 1. The van der Waals surface area contributed by atoms with Crippen molar-refractivity contribution < 1.29 is 13.9 Å². The maximum atomic E-state index is 12.4. The van der Waals surface area contributed by atoms with Crippen molar-refractivity contribution in [1.82, 2.24) is 10.6 Å². The van der Waals surface area contributed by atoms with Crippen molar-refractivity contribution in [2.75, 3.05) is 12.3 Å². The van der Waals surface area contributed by atoms with Gasteiger partial charge in [-0.2, -0.15) is 0 Å². The van der Waals surface area contributed by atoms with Crippen molar-refractivity contribution in [3.8, 4) is 0 Å². The van der Waals surface area contributed by atoms with E-state index in [-0.39, 0.29) is 35.5 Å². The first-order chi connectivity index (χ1) is 14.3. The summed E-state index contributed by atoms with van der Waals surface area (Å²) in [6, 6.07) is 5.46. The van der Waals surface area contributed by atoms with Crippen LogP contribution >= 0.6 is 10.6 Å². The van der Waals surface area contributed by atoms with Gasteiger partial charge >= 0.3 is 0 Å². The molecule has 0 radical (unpaired) electrons. The highest BCUT2D eigenvalue weighted by molar-refractivity contribution is 8.23. The lowest BCUT2D eigenvalue weighted by Gasteiger charge is -2.64. The fourth-order valence-electron chi connectivity index (χ4n) is 4.93. The quantitative estimate of drug-likeness (QED) is 0.580. The SMILES string of the molecule is CCc1ccc2c(c1)[C@@H](NC[C@@H](N)[C@H](CC1CCCCC1)NC(C)=O)CS([O-])([O-])C2. The Labute approximate surface area is 182 Å². The van der Waals surface area contributed by atoms with Gasteiger partial charge in [-0.25, -0.2) is 0 Å². The molecule has 1 fully saturated rings. The van der Waals surface area contributed by atoms with E-state index in [1.165, 1.54) is 44.6 Å². The van der Waals surface area contributed by atoms with Crippen molar-refractivity contribution in [3.63, 3.8) is 0 Å². The molecule has 1 aromatic carbocycles. The predicted molar refractivity (Wildman–Crippen MR) is 121 cm³/mol. The van der Waals surface area contributed by atoms with Crippen LogP contribution in [0.2, 0.25) is 0 Å². The topological polar surface area (TPSA) is 113 Å². The third kappa shape index (κ3) is 6.44. The van der Waals surface area contributed by atoms with E-state index in [2.05, 4.69) is 23.6 Å². The Kier molecular flexibility index (Phi) is 8.21. The molecule has 0 spiro atoms. The lowest BCUT2D eigenvalue weighted by atomic mass is 9.83. The van der Waals surface area contributed by atoms with Gasteiger partial charge in [-0.15, -0.1) is 0 Å². The number of benzene rings is 1. The minimum atomic E-state index is -3.15. The van der Waals surface area contributed by atoms with Gasteiger partial charge in [-0.1, -0.05) is 57.2 Å². The summed E-state index contributed by atoms with van der Waals surface area (Å²) in [5.41, 5.74) is 9.67.